The number of aromatic nitrogens is 1. The number of fused-ring (bicyclic) bond motifs is 1. The molecule has 3 aromatic rings. The number of ketones is 1. The monoisotopic (exact) mass is 428 g/mol. The van der Waals surface area contributed by atoms with E-state index in [1.165, 1.54) is 11.0 Å². The van der Waals surface area contributed by atoms with Crippen LogP contribution in [0.4, 0.5) is 5.69 Å². The number of anilines is 1. The van der Waals surface area contributed by atoms with E-state index in [0.29, 0.717) is 17.7 Å². The molecule has 1 amide bonds. The van der Waals surface area contributed by atoms with Crippen LogP contribution in [0.3, 0.4) is 0 Å². The summed E-state index contributed by atoms with van der Waals surface area (Å²) in [6, 6.07) is 15.6. The van der Waals surface area contributed by atoms with Gasteiger partial charge in [0.25, 0.3) is 11.7 Å². The number of ether oxygens (including phenoxy) is 1. The summed E-state index contributed by atoms with van der Waals surface area (Å²) >= 11 is 0. The molecule has 1 aromatic heterocycles. The number of aliphatic hydroxyl groups excluding tert-OH is 1. The van der Waals surface area contributed by atoms with Crippen LogP contribution in [0.5, 0.6) is 11.5 Å². The van der Waals surface area contributed by atoms with Crippen molar-refractivity contribution >= 4 is 23.1 Å². The van der Waals surface area contributed by atoms with Crippen LogP contribution < -0.4 is 9.64 Å². The highest BCUT2D eigenvalue weighted by Gasteiger charge is 2.48. The van der Waals surface area contributed by atoms with Gasteiger partial charge < -0.3 is 14.9 Å². The molecule has 2 unspecified atom stereocenters. The number of aromatic hydroxyl groups is 1. The number of rotatable bonds is 3. The maximum atomic E-state index is 13.1. The van der Waals surface area contributed by atoms with E-state index in [-0.39, 0.29) is 28.9 Å². The number of hydrogen-bond acceptors (Lipinski definition) is 6. The average molecular weight is 428 g/mol. The quantitative estimate of drug-likeness (QED) is 0.375. The molecule has 160 valence electrons. The van der Waals surface area contributed by atoms with Crippen LogP contribution in [0.15, 0.2) is 72.4 Å². The third-order valence-corrected chi connectivity index (χ3v) is 5.72. The molecule has 0 radical (unpaired) electrons. The summed E-state index contributed by atoms with van der Waals surface area (Å²) in [5.41, 5.74) is 1.82. The van der Waals surface area contributed by atoms with E-state index in [0.717, 1.165) is 11.3 Å². The van der Waals surface area contributed by atoms with Crippen LogP contribution in [0.2, 0.25) is 0 Å². The van der Waals surface area contributed by atoms with Gasteiger partial charge in [-0.25, -0.2) is 0 Å². The molecule has 1 fully saturated rings. The van der Waals surface area contributed by atoms with E-state index in [2.05, 4.69) is 4.98 Å². The maximum Gasteiger partial charge on any atom is 0.300 e. The molecule has 0 aliphatic carbocycles. The summed E-state index contributed by atoms with van der Waals surface area (Å²) in [5, 5.41) is 21.6. The lowest BCUT2D eigenvalue weighted by molar-refractivity contribution is -0.132. The van der Waals surface area contributed by atoms with Crippen molar-refractivity contribution in [2.75, 3.05) is 4.90 Å². The summed E-state index contributed by atoms with van der Waals surface area (Å²) in [6.07, 6.45) is 2.27. The number of aliphatic hydroxyl groups is 1. The molecule has 2 N–H and O–H groups in total. The second-order valence-electron chi connectivity index (χ2n) is 7.87. The highest BCUT2D eigenvalue weighted by molar-refractivity contribution is 6.51. The first-order chi connectivity index (χ1) is 15.5. The molecule has 0 saturated carbocycles. The molecule has 7 heteroatoms. The van der Waals surface area contributed by atoms with Crippen molar-refractivity contribution in [2.24, 2.45) is 0 Å². The minimum absolute atomic E-state index is 0.0301. The second kappa shape index (κ2) is 7.53. The van der Waals surface area contributed by atoms with Gasteiger partial charge >= 0.3 is 0 Å². The molecular formula is C25H20N2O5. The lowest BCUT2D eigenvalue weighted by Gasteiger charge is -2.25. The predicted octanol–water partition coefficient (Wildman–Crippen LogP) is 3.74. The Morgan fingerprint density at radius 3 is 2.62 bits per heavy atom. The van der Waals surface area contributed by atoms with Gasteiger partial charge in [0.05, 0.1) is 17.0 Å². The Balaban J connectivity index is 1.70. The Morgan fingerprint density at radius 1 is 1.09 bits per heavy atom. The molecule has 0 spiro atoms. The van der Waals surface area contributed by atoms with E-state index >= 15 is 0 Å². The van der Waals surface area contributed by atoms with Gasteiger partial charge in [0, 0.05) is 18.2 Å². The molecule has 32 heavy (non-hydrogen) atoms. The first-order valence-corrected chi connectivity index (χ1v) is 10.3. The summed E-state index contributed by atoms with van der Waals surface area (Å²) in [6.45, 7) is 1.96. The lowest BCUT2D eigenvalue weighted by Crippen LogP contribution is -2.29. The van der Waals surface area contributed by atoms with E-state index in [1.807, 2.05) is 6.92 Å². The molecule has 2 aliphatic rings. The third-order valence-electron chi connectivity index (χ3n) is 5.72. The number of carbonyl (C=O) groups excluding carboxylic acids is 2. The number of nitrogens with zero attached hydrogens (tertiary/aromatic N) is 2. The van der Waals surface area contributed by atoms with Crippen LogP contribution in [0.25, 0.3) is 5.76 Å². The number of para-hydroxylation sites is 2. The fourth-order valence-corrected chi connectivity index (χ4v) is 4.29. The van der Waals surface area contributed by atoms with Crippen molar-refractivity contribution in [2.45, 2.75) is 25.5 Å². The van der Waals surface area contributed by atoms with Crippen molar-refractivity contribution in [3.63, 3.8) is 0 Å². The van der Waals surface area contributed by atoms with Crippen LogP contribution in [0.1, 0.15) is 29.8 Å². The van der Waals surface area contributed by atoms with Gasteiger partial charge in [0.1, 0.15) is 29.4 Å². The second-order valence-corrected chi connectivity index (χ2v) is 7.87. The molecular weight excluding hydrogens is 408 g/mol. The number of carbonyl (C=O) groups is 2. The molecule has 3 heterocycles. The molecule has 2 aromatic carbocycles. The minimum atomic E-state index is -0.993. The Hall–Kier alpha value is -4.13. The fourth-order valence-electron chi connectivity index (χ4n) is 4.29. The zero-order valence-corrected chi connectivity index (χ0v) is 17.2. The Kier molecular flexibility index (Phi) is 4.66. The van der Waals surface area contributed by atoms with Gasteiger partial charge in [-0.3, -0.25) is 19.5 Å². The van der Waals surface area contributed by atoms with Crippen LogP contribution in [-0.4, -0.2) is 33.0 Å². The highest BCUT2D eigenvalue weighted by Crippen LogP contribution is 2.44. The van der Waals surface area contributed by atoms with Crippen molar-refractivity contribution < 1.29 is 24.5 Å². The maximum absolute atomic E-state index is 13.1. The first-order valence-electron chi connectivity index (χ1n) is 10.3. The number of Topliss-reactive ketones (excluding diaryl/α,β-unsaturated/α-hetero) is 1. The largest absolute Gasteiger partial charge is 0.507 e. The van der Waals surface area contributed by atoms with Gasteiger partial charge in [0.15, 0.2) is 0 Å². The number of phenols is 1. The van der Waals surface area contributed by atoms with Gasteiger partial charge in [-0.2, -0.15) is 0 Å². The Labute approximate surface area is 184 Å². The van der Waals surface area contributed by atoms with Crippen LogP contribution >= 0.6 is 0 Å². The normalized spacial score (nSPS) is 21.5. The van der Waals surface area contributed by atoms with Gasteiger partial charge in [-0.05, 0) is 55.0 Å². The zero-order valence-electron chi connectivity index (χ0n) is 17.2. The number of benzene rings is 2. The molecule has 7 nitrogen and oxygen atoms in total. The summed E-state index contributed by atoms with van der Waals surface area (Å²) in [4.78, 5) is 31.8. The van der Waals surface area contributed by atoms with Crippen molar-refractivity contribution in [3.8, 4) is 11.5 Å². The van der Waals surface area contributed by atoms with E-state index in [9.17, 15) is 19.8 Å². The third kappa shape index (κ3) is 3.10. The number of amides is 1. The van der Waals surface area contributed by atoms with Gasteiger partial charge in [-0.15, -0.1) is 0 Å². The molecule has 2 aliphatic heterocycles. The minimum Gasteiger partial charge on any atom is -0.507 e. The van der Waals surface area contributed by atoms with Crippen molar-refractivity contribution in [1.82, 2.24) is 4.98 Å². The van der Waals surface area contributed by atoms with Crippen molar-refractivity contribution in [3.05, 3.63) is 89.3 Å². The zero-order chi connectivity index (χ0) is 22.4. The molecule has 0 bridgehead atoms. The predicted molar refractivity (Wildman–Crippen MR) is 117 cm³/mol. The van der Waals surface area contributed by atoms with Gasteiger partial charge in [0.2, 0.25) is 0 Å². The van der Waals surface area contributed by atoms with Crippen LogP contribution in [-0.2, 0) is 16.0 Å². The topological polar surface area (TPSA) is 100.0 Å². The first kappa shape index (κ1) is 19.8. The van der Waals surface area contributed by atoms with E-state index in [1.54, 1.807) is 60.8 Å². The fraction of sp³-hybridized carbons (Fsp3) is 0.160. The number of pyridine rings is 1. The van der Waals surface area contributed by atoms with Crippen molar-refractivity contribution in [1.29, 1.82) is 0 Å². The lowest BCUT2D eigenvalue weighted by atomic mass is 9.96. The summed E-state index contributed by atoms with van der Waals surface area (Å²) < 4.78 is 5.72. The number of phenolic OH excluding ortho intramolecular Hbond substituents is 1. The molecule has 1 saturated heterocycles. The van der Waals surface area contributed by atoms with E-state index in [4.69, 9.17) is 4.74 Å². The Morgan fingerprint density at radius 2 is 1.88 bits per heavy atom. The molecule has 2 atom stereocenters. The number of hydrogen-bond donors (Lipinski definition) is 2. The SMILES string of the molecule is CC1Cc2cc(/C(O)=C3/C(=O)C(=O)N(c4ccccc4O)C3c3ccccn3)ccc2O1. The molecule has 5 rings (SSSR count). The van der Waals surface area contributed by atoms with E-state index < -0.39 is 17.7 Å². The summed E-state index contributed by atoms with van der Waals surface area (Å²) in [7, 11) is 0. The van der Waals surface area contributed by atoms with Crippen LogP contribution in [0, 0.1) is 0 Å². The Bertz CT molecular complexity index is 1270. The average Bonchev–Trinajstić information content (AvgIpc) is 3.30. The summed E-state index contributed by atoms with van der Waals surface area (Å²) in [5.74, 6) is -1.39. The standard InChI is InChI=1S/C25H20N2O5/c1-14-12-16-13-15(9-10-20(16)32-14)23(29)21-22(17-6-4-5-11-26-17)27(25(31)24(21)30)18-7-2-3-8-19(18)28/h2-11,13-14,22,28-29H,12H2,1H3/b23-21-. The smallest absolute Gasteiger partial charge is 0.300 e. The highest BCUT2D eigenvalue weighted by atomic mass is 16.5. The van der Waals surface area contributed by atoms with Gasteiger partial charge in [-0.1, -0.05) is 18.2 Å².